The lowest BCUT2D eigenvalue weighted by molar-refractivity contribution is 0.592. The zero-order valence-electron chi connectivity index (χ0n) is 7.32. The molecule has 1 unspecified atom stereocenters. The lowest BCUT2D eigenvalue weighted by atomic mass is 10.5. The lowest BCUT2D eigenvalue weighted by Gasteiger charge is -2.03. The second-order valence-electron chi connectivity index (χ2n) is 2.77. The minimum atomic E-state index is -3.05. The minimum absolute atomic E-state index is 0.383. The molecule has 0 aliphatic heterocycles. The molecule has 1 heterocycles. The average molecular weight is 240 g/mol. The second-order valence-corrected chi connectivity index (χ2v) is 6.55. The monoisotopic (exact) mass is 239 g/mol. The van der Waals surface area contributed by atoms with E-state index in [1.807, 2.05) is 0 Å². The van der Waals surface area contributed by atoms with Crippen LogP contribution in [0.25, 0.3) is 0 Å². The fraction of sp³-hybridized carbons (Fsp3) is 0.571. The van der Waals surface area contributed by atoms with E-state index < -0.39 is 15.1 Å². The van der Waals surface area contributed by atoms with E-state index in [-0.39, 0.29) is 0 Å². The van der Waals surface area contributed by atoms with Crippen LogP contribution in [0.3, 0.4) is 0 Å². The van der Waals surface area contributed by atoms with E-state index in [9.17, 15) is 8.42 Å². The van der Waals surface area contributed by atoms with Gasteiger partial charge in [-0.05, 0) is 6.92 Å². The molecule has 74 valence electrons. The van der Waals surface area contributed by atoms with Crippen molar-refractivity contribution in [1.82, 2.24) is 4.98 Å². The van der Waals surface area contributed by atoms with Gasteiger partial charge in [0.1, 0.15) is 10.3 Å². The summed E-state index contributed by atoms with van der Waals surface area (Å²) in [6.07, 6.45) is 2.83. The Labute approximate surface area is 86.7 Å². The molecule has 1 atom stereocenters. The molecule has 1 aromatic heterocycles. The third kappa shape index (κ3) is 2.65. The van der Waals surface area contributed by atoms with Crippen molar-refractivity contribution in [2.45, 2.75) is 18.1 Å². The topological polar surface area (TPSA) is 47.0 Å². The summed E-state index contributed by atoms with van der Waals surface area (Å²) < 4.78 is 22.3. The third-order valence-electron chi connectivity index (χ3n) is 1.69. The predicted molar refractivity (Wildman–Crippen MR) is 54.9 cm³/mol. The molecule has 0 spiro atoms. The Morgan fingerprint density at radius 3 is 2.69 bits per heavy atom. The van der Waals surface area contributed by atoms with Crippen LogP contribution in [0.5, 0.6) is 0 Å². The van der Waals surface area contributed by atoms with Crippen molar-refractivity contribution in [1.29, 1.82) is 0 Å². The SMILES string of the molecule is CC(c1ncc(CCl)s1)S(C)(=O)=O. The molecule has 13 heavy (non-hydrogen) atoms. The van der Waals surface area contributed by atoms with Gasteiger partial charge in [0.05, 0.1) is 5.88 Å². The fourth-order valence-electron chi connectivity index (χ4n) is 0.755. The highest BCUT2D eigenvalue weighted by Gasteiger charge is 2.20. The number of halogens is 1. The molecule has 0 aromatic carbocycles. The van der Waals surface area contributed by atoms with Crippen LogP contribution in [0.1, 0.15) is 22.1 Å². The molecule has 0 amide bonds. The quantitative estimate of drug-likeness (QED) is 0.758. The smallest absolute Gasteiger partial charge is 0.156 e. The van der Waals surface area contributed by atoms with Gasteiger partial charge in [-0.1, -0.05) is 0 Å². The molecule has 0 radical (unpaired) electrons. The molecule has 0 saturated heterocycles. The molecular weight excluding hydrogens is 230 g/mol. The van der Waals surface area contributed by atoms with Crippen LogP contribution in [-0.2, 0) is 15.7 Å². The zero-order valence-corrected chi connectivity index (χ0v) is 9.71. The van der Waals surface area contributed by atoms with E-state index >= 15 is 0 Å². The standard InChI is InChI=1S/C7H10ClNO2S2/c1-5(13(2,10)11)7-9-4-6(3-8)12-7/h4-5H,3H2,1-2H3. The van der Waals surface area contributed by atoms with E-state index in [2.05, 4.69) is 4.98 Å². The Hall–Kier alpha value is -0.130. The van der Waals surface area contributed by atoms with Gasteiger partial charge in [0.2, 0.25) is 0 Å². The number of nitrogens with zero attached hydrogens (tertiary/aromatic N) is 1. The molecule has 0 bridgehead atoms. The maximum atomic E-state index is 11.2. The summed E-state index contributed by atoms with van der Waals surface area (Å²) in [5.41, 5.74) is 0. The van der Waals surface area contributed by atoms with E-state index in [4.69, 9.17) is 11.6 Å². The number of thiazole rings is 1. The first-order valence-electron chi connectivity index (χ1n) is 3.64. The molecule has 0 N–H and O–H groups in total. The van der Waals surface area contributed by atoms with Crippen molar-refractivity contribution >= 4 is 32.8 Å². The van der Waals surface area contributed by atoms with Crippen molar-refractivity contribution in [2.75, 3.05) is 6.26 Å². The molecule has 0 aliphatic rings. The van der Waals surface area contributed by atoms with Crippen LogP contribution in [-0.4, -0.2) is 19.7 Å². The maximum Gasteiger partial charge on any atom is 0.156 e. The lowest BCUT2D eigenvalue weighted by Crippen LogP contribution is -2.06. The van der Waals surface area contributed by atoms with Crippen molar-refractivity contribution in [3.8, 4) is 0 Å². The highest BCUT2D eigenvalue weighted by Crippen LogP contribution is 2.26. The highest BCUT2D eigenvalue weighted by atomic mass is 35.5. The molecular formula is C7H10ClNO2S2. The van der Waals surface area contributed by atoms with Gasteiger partial charge in [0.25, 0.3) is 0 Å². The van der Waals surface area contributed by atoms with Crippen LogP contribution < -0.4 is 0 Å². The van der Waals surface area contributed by atoms with Gasteiger partial charge in [0.15, 0.2) is 9.84 Å². The maximum absolute atomic E-state index is 11.2. The summed E-state index contributed by atoms with van der Waals surface area (Å²) in [5, 5.41) is 0.0765. The first-order valence-corrected chi connectivity index (χ1v) is 6.95. The van der Waals surface area contributed by atoms with Gasteiger partial charge in [-0.25, -0.2) is 13.4 Å². The summed E-state index contributed by atoms with van der Waals surface area (Å²) in [6.45, 7) is 1.63. The summed E-state index contributed by atoms with van der Waals surface area (Å²) in [5.74, 6) is 0.383. The van der Waals surface area contributed by atoms with Crippen LogP contribution in [0.2, 0.25) is 0 Å². The summed E-state index contributed by atoms with van der Waals surface area (Å²) in [6, 6.07) is 0. The first-order chi connectivity index (χ1) is 5.95. The van der Waals surface area contributed by atoms with Crippen LogP contribution in [0.4, 0.5) is 0 Å². The molecule has 0 fully saturated rings. The van der Waals surface area contributed by atoms with E-state index in [0.717, 1.165) is 4.88 Å². The number of aromatic nitrogens is 1. The number of hydrogen-bond donors (Lipinski definition) is 0. The minimum Gasteiger partial charge on any atom is -0.248 e. The average Bonchev–Trinajstić information content (AvgIpc) is 2.48. The number of alkyl halides is 1. The van der Waals surface area contributed by atoms with Crippen LogP contribution in [0, 0.1) is 0 Å². The number of rotatable bonds is 3. The first kappa shape index (κ1) is 10.9. The Kier molecular flexibility index (Phi) is 3.32. The van der Waals surface area contributed by atoms with Gasteiger partial charge in [-0.2, -0.15) is 0 Å². The molecule has 1 rings (SSSR count). The van der Waals surface area contributed by atoms with Gasteiger partial charge in [0, 0.05) is 17.3 Å². The Morgan fingerprint density at radius 1 is 1.69 bits per heavy atom. The summed E-state index contributed by atoms with van der Waals surface area (Å²) >= 11 is 6.93. The number of hydrogen-bond acceptors (Lipinski definition) is 4. The van der Waals surface area contributed by atoms with Gasteiger partial charge in [-0.15, -0.1) is 22.9 Å². The van der Waals surface area contributed by atoms with Crippen molar-refractivity contribution < 1.29 is 8.42 Å². The molecule has 0 aliphatic carbocycles. The molecule has 1 aromatic rings. The highest BCUT2D eigenvalue weighted by molar-refractivity contribution is 7.91. The zero-order chi connectivity index (χ0) is 10.1. The summed E-state index contributed by atoms with van der Waals surface area (Å²) in [7, 11) is -3.05. The summed E-state index contributed by atoms with van der Waals surface area (Å²) in [4.78, 5) is 4.90. The van der Waals surface area contributed by atoms with E-state index in [1.54, 1.807) is 13.1 Å². The Bertz CT molecular complexity index is 385. The van der Waals surface area contributed by atoms with Gasteiger partial charge in [-0.3, -0.25) is 0 Å². The molecule has 3 nitrogen and oxygen atoms in total. The molecule has 6 heteroatoms. The predicted octanol–water partition coefficient (Wildman–Crippen LogP) is 1.99. The Morgan fingerprint density at radius 2 is 2.31 bits per heavy atom. The van der Waals surface area contributed by atoms with E-state index in [1.165, 1.54) is 17.6 Å². The van der Waals surface area contributed by atoms with Gasteiger partial charge < -0.3 is 0 Å². The van der Waals surface area contributed by atoms with Crippen molar-refractivity contribution in [3.05, 3.63) is 16.1 Å². The van der Waals surface area contributed by atoms with E-state index in [0.29, 0.717) is 10.9 Å². The fourth-order valence-corrected chi connectivity index (χ4v) is 2.78. The van der Waals surface area contributed by atoms with Crippen LogP contribution in [0.15, 0.2) is 6.20 Å². The Balaban J connectivity index is 2.96. The van der Waals surface area contributed by atoms with Crippen LogP contribution >= 0.6 is 22.9 Å². The third-order valence-corrected chi connectivity index (χ3v) is 4.98. The second kappa shape index (κ2) is 3.94. The van der Waals surface area contributed by atoms with Gasteiger partial charge >= 0.3 is 0 Å². The molecule has 0 saturated carbocycles. The number of sulfone groups is 1. The largest absolute Gasteiger partial charge is 0.248 e. The van der Waals surface area contributed by atoms with Crippen molar-refractivity contribution in [2.24, 2.45) is 0 Å². The van der Waals surface area contributed by atoms with Crippen molar-refractivity contribution in [3.63, 3.8) is 0 Å². The normalized spacial score (nSPS) is 14.4.